The minimum Gasteiger partial charge on any atom is -0.361 e. The van der Waals surface area contributed by atoms with Crippen molar-refractivity contribution in [1.29, 1.82) is 0 Å². The predicted molar refractivity (Wildman–Crippen MR) is 61.9 cm³/mol. The van der Waals surface area contributed by atoms with Gasteiger partial charge in [0.15, 0.2) is 0 Å². The van der Waals surface area contributed by atoms with Gasteiger partial charge in [-0.25, -0.2) is 0 Å². The van der Waals surface area contributed by atoms with E-state index < -0.39 is 0 Å². The SMILES string of the molecule is CC(CBr)Cc1cc(C(C)(C)C)on1. The molecule has 1 atom stereocenters. The summed E-state index contributed by atoms with van der Waals surface area (Å²) in [6.45, 7) is 8.59. The van der Waals surface area contributed by atoms with Gasteiger partial charge in [0, 0.05) is 16.8 Å². The lowest BCUT2D eigenvalue weighted by atomic mass is 9.93. The zero-order chi connectivity index (χ0) is 10.8. The van der Waals surface area contributed by atoms with Gasteiger partial charge < -0.3 is 4.52 Å². The Kier molecular flexibility index (Phi) is 3.76. The van der Waals surface area contributed by atoms with Gasteiger partial charge in [-0.15, -0.1) is 0 Å². The highest BCUT2D eigenvalue weighted by atomic mass is 79.9. The van der Waals surface area contributed by atoms with E-state index in [1.165, 1.54) is 0 Å². The minimum atomic E-state index is 0.0584. The molecule has 0 saturated heterocycles. The van der Waals surface area contributed by atoms with E-state index in [4.69, 9.17) is 4.52 Å². The van der Waals surface area contributed by atoms with Gasteiger partial charge >= 0.3 is 0 Å². The van der Waals surface area contributed by atoms with E-state index in [0.717, 1.165) is 23.2 Å². The summed E-state index contributed by atoms with van der Waals surface area (Å²) in [5.74, 6) is 1.57. The molecule has 0 aromatic carbocycles. The van der Waals surface area contributed by atoms with Crippen LogP contribution in [0.2, 0.25) is 0 Å². The maximum absolute atomic E-state index is 5.31. The number of alkyl halides is 1. The fourth-order valence-corrected chi connectivity index (χ4v) is 1.40. The van der Waals surface area contributed by atoms with E-state index in [1.54, 1.807) is 0 Å². The van der Waals surface area contributed by atoms with Crippen molar-refractivity contribution >= 4 is 15.9 Å². The Bertz CT molecular complexity index is 288. The topological polar surface area (TPSA) is 26.0 Å². The monoisotopic (exact) mass is 259 g/mol. The molecule has 0 saturated carbocycles. The standard InChI is InChI=1S/C11H18BrNO/c1-8(7-12)5-9-6-10(14-13-9)11(2,3)4/h6,8H,5,7H2,1-4H3. The Morgan fingerprint density at radius 1 is 1.50 bits per heavy atom. The van der Waals surface area contributed by atoms with Crippen molar-refractivity contribution in [3.05, 3.63) is 17.5 Å². The van der Waals surface area contributed by atoms with Crippen molar-refractivity contribution in [3.8, 4) is 0 Å². The highest BCUT2D eigenvalue weighted by molar-refractivity contribution is 9.09. The van der Waals surface area contributed by atoms with Crippen molar-refractivity contribution in [2.24, 2.45) is 5.92 Å². The second-order valence-corrected chi connectivity index (χ2v) is 5.54. The maximum Gasteiger partial charge on any atom is 0.142 e. The molecule has 1 unspecified atom stereocenters. The summed E-state index contributed by atoms with van der Waals surface area (Å²) >= 11 is 3.46. The zero-order valence-corrected chi connectivity index (χ0v) is 10.9. The molecule has 0 amide bonds. The average Bonchev–Trinajstić information content (AvgIpc) is 2.51. The van der Waals surface area contributed by atoms with Gasteiger partial charge in [-0.05, 0) is 12.3 Å². The molecule has 1 rings (SSSR count). The smallest absolute Gasteiger partial charge is 0.142 e. The molecule has 0 aliphatic heterocycles. The van der Waals surface area contributed by atoms with Crippen molar-refractivity contribution in [2.45, 2.75) is 39.5 Å². The van der Waals surface area contributed by atoms with Crippen LogP contribution in [0.25, 0.3) is 0 Å². The van der Waals surface area contributed by atoms with E-state index in [-0.39, 0.29) is 5.41 Å². The summed E-state index contributed by atoms with van der Waals surface area (Å²) in [5, 5.41) is 5.08. The molecule has 0 bridgehead atoms. The van der Waals surface area contributed by atoms with Crippen LogP contribution in [0, 0.1) is 5.92 Å². The van der Waals surface area contributed by atoms with Crippen LogP contribution in [0.15, 0.2) is 10.6 Å². The van der Waals surface area contributed by atoms with Crippen LogP contribution >= 0.6 is 15.9 Å². The van der Waals surface area contributed by atoms with Gasteiger partial charge in [-0.2, -0.15) is 0 Å². The first-order chi connectivity index (χ1) is 6.43. The van der Waals surface area contributed by atoms with Crippen LogP contribution in [0.1, 0.15) is 39.1 Å². The largest absolute Gasteiger partial charge is 0.361 e. The molecule has 1 heterocycles. The third kappa shape index (κ3) is 3.12. The normalized spacial score (nSPS) is 14.4. The summed E-state index contributed by atoms with van der Waals surface area (Å²) in [7, 11) is 0. The van der Waals surface area contributed by atoms with Crippen molar-refractivity contribution in [3.63, 3.8) is 0 Å². The van der Waals surface area contributed by atoms with Crippen LogP contribution in [0.4, 0.5) is 0 Å². The first-order valence-corrected chi connectivity index (χ1v) is 6.07. The van der Waals surface area contributed by atoms with Crippen LogP contribution in [0.5, 0.6) is 0 Å². The maximum atomic E-state index is 5.31. The van der Waals surface area contributed by atoms with E-state index in [2.05, 4.69) is 54.8 Å². The number of aromatic nitrogens is 1. The van der Waals surface area contributed by atoms with Gasteiger partial charge in [0.05, 0.1) is 5.69 Å². The molecular weight excluding hydrogens is 242 g/mol. The minimum absolute atomic E-state index is 0.0584. The Balaban J connectivity index is 2.69. The Morgan fingerprint density at radius 2 is 2.14 bits per heavy atom. The molecule has 0 fully saturated rings. The molecule has 0 aliphatic carbocycles. The van der Waals surface area contributed by atoms with Crippen molar-refractivity contribution in [1.82, 2.24) is 5.16 Å². The molecule has 0 radical (unpaired) electrons. The highest BCUT2D eigenvalue weighted by Crippen LogP contribution is 2.23. The fourth-order valence-electron chi connectivity index (χ4n) is 1.17. The molecule has 0 N–H and O–H groups in total. The lowest BCUT2D eigenvalue weighted by Gasteiger charge is -2.12. The summed E-state index contributed by atoms with van der Waals surface area (Å²) in [4.78, 5) is 0. The molecule has 3 heteroatoms. The quantitative estimate of drug-likeness (QED) is 0.777. The van der Waals surface area contributed by atoms with Crippen molar-refractivity contribution < 1.29 is 4.52 Å². The van der Waals surface area contributed by atoms with E-state index in [9.17, 15) is 0 Å². The van der Waals surface area contributed by atoms with Gasteiger partial charge in [0.25, 0.3) is 0 Å². The Labute approximate surface area is 94.2 Å². The Morgan fingerprint density at radius 3 is 2.57 bits per heavy atom. The first-order valence-electron chi connectivity index (χ1n) is 4.95. The fraction of sp³-hybridized carbons (Fsp3) is 0.727. The van der Waals surface area contributed by atoms with Gasteiger partial charge in [-0.1, -0.05) is 48.8 Å². The molecule has 1 aromatic heterocycles. The number of rotatable bonds is 3. The second-order valence-electron chi connectivity index (χ2n) is 4.90. The van der Waals surface area contributed by atoms with Crippen molar-refractivity contribution in [2.75, 3.05) is 5.33 Å². The van der Waals surface area contributed by atoms with Crippen LogP contribution < -0.4 is 0 Å². The van der Waals surface area contributed by atoms with E-state index >= 15 is 0 Å². The molecule has 1 aromatic rings. The molecule has 80 valence electrons. The van der Waals surface area contributed by atoms with Gasteiger partial charge in [0.1, 0.15) is 5.76 Å². The summed E-state index contributed by atoms with van der Waals surface area (Å²) in [5.41, 5.74) is 1.12. The number of halogens is 1. The molecule has 0 aliphatic rings. The number of hydrogen-bond donors (Lipinski definition) is 0. The van der Waals surface area contributed by atoms with Crippen LogP contribution in [-0.4, -0.2) is 10.5 Å². The zero-order valence-electron chi connectivity index (χ0n) is 9.30. The van der Waals surface area contributed by atoms with Gasteiger partial charge in [-0.3, -0.25) is 0 Å². The Hall–Kier alpha value is -0.310. The summed E-state index contributed by atoms with van der Waals surface area (Å²) in [6, 6.07) is 2.07. The molecule has 2 nitrogen and oxygen atoms in total. The molecule has 0 spiro atoms. The van der Waals surface area contributed by atoms with Gasteiger partial charge in [0.2, 0.25) is 0 Å². The number of nitrogens with zero attached hydrogens (tertiary/aromatic N) is 1. The summed E-state index contributed by atoms with van der Waals surface area (Å²) < 4.78 is 5.31. The van der Waals surface area contributed by atoms with E-state index in [0.29, 0.717) is 5.92 Å². The second kappa shape index (κ2) is 4.47. The lowest BCUT2D eigenvalue weighted by molar-refractivity contribution is 0.324. The lowest BCUT2D eigenvalue weighted by Crippen LogP contribution is -2.09. The van der Waals surface area contributed by atoms with Crippen LogP contribution in [0.3, 0.4) is 0 Å². The third-order valence-corrected chi connectivity index (χ3v) is 3.22. The molecular formula is C11H18BrNO. The van der Waals surface area contributed by atoms with Crippen LogP contribution in [-0.2, 0) is 11.8 Å². The third-order valence-electron chi connectivity index (χ3n) is 2.12. The number of hydrogen-bond acceptors (Lipinski definition) is 2. The highest BCUT2D eigenvalue weighted by Gasteiger charge is 2.19. The summed E-state index contributed by atoms with van der Waals surface area (Å²) in [6.07, 6.45) is 0.977. The molecule has 14 heavy (non-hydrogen) atoms. The average molecular weight is 260 g/mol. The van der Waals surface area contributed by atoms with E-state index in [1.807, 2.05) is 0 Å². The predicted octanol–water partition coefficient (Wildman–Crippen LogP) is 3.55. The first kappa shape index (κ1) is 11.8.